The molecule has 0 aromatic rings. The van der Waals surface area contributed by atoms with Crippen molar-refractivity contribution in [2.75, 3.05) is 0 Å². The van der Waals surface area contributed by atoms with Crippen molar-refractivity contribution in [2.24, 2.45) is 46.3 Å². The number of carbonyl (C=O) groups is 2. The van der Waals surface area contributed by atoms with Crippen LogP contribution < -0.4 is 5.32 Å². The topological polar surface area (TPSA) is 75.6 Å². The van der Waals surface area contributed by atoms with Crippen molar-refractivity contribution in [3.8, 4) is 0 Å². The van der Waals surface area contributed by atoms with Gasteiger partial charge in [-0.3, -0.25) is 9.59 Å². The molecule has 0 aromatic carbocycles. The number of fused-ring (bicyclic) bond motifs is 5. The molecule has 36 heavy (non-hydrogen) atoms. The van der Waals surface area contributed by atoms with Crippen LogP contribution in [0.5, 0.6) is 0 Å². The van der Waals surface area contributed by atoms with Crippen molar-refractivity contribution in [2.45, 2.75) is 137 Å². The van der Waals surface area contributed by atoms with Gasteiger partial charge in [-0.05, 0) is 85.9 Å². The maximum Gasteiger partial charge on any atom is 0.303 e. The first kappa shape index (κ1) is 27.9. The summed E-state index contributed by atoms with van der Waals surface area (Å²) in [6, 6.07) is -0.371. The molecule has 4 aliphatic rings. The number of nitrogens with one attached hydrogen (secondary N) is 1. The van der Waals surface area contributed by atoms with Crippen molar-refractivity contribution in [1.82, 2.24) is 5.32 Å². The fourth-order valence-corrected chi connectivity index (χ4v) is 10.2. The van der Waals surface area contributed by atoms with Crippen LogP contribution in [0.1, 0.15) is 119 Å². The second-order valence-corrected chi connectivity index (χ2v) is 14.1. The van der Waals surface area contributed by atoms with Crippen LogP contribution >= 0.6 is 0 Å². The summed E-state index contributed by atoms with van der Waals surface area (Å²) >= 11 is 0. The average molecular weight is 504 g/mol. The number of hydrogen-bond acceptors (Lipinski definition) is 4. The molecule has 2 N–H and O–H groups in total. The number of aliphatic hydroxyl groups is 1. The van der Waals surface area contributed by atoms with Gasteiger partial charge in [0, 0.05) is 19.3 Å². The van der Waals surface area contributed by atoms with Gasteiger partial charge in [-0.2, -0.15) is 0 Å². The fraction of sp³-hybridized carbons (Fsp3) is 0.935. The number of rotatable bonds is 7. The van der Waals surface area contributed by atoms with E-state index in [0.29, 0.717) is 23.2 Å². The van der Waals surface area contributed by atoms with Gasteiger partial charge in [0.2, 0.25) is 5.91 Å². The standard InChI is InChI=1S/C31H53NO4/c1-19(2)10-8-11-20(3)24-13-14-25-23-18-28(36-22(5)34)31(35)27(32-21(4)33)12-9-16-30(31,7)26(23)15-17-29(24,25)6/h19-20,23-28,35H,8-18H2,1-7H3,(H,32,33)/t20-,23-,24+,25-,26-,27+,28-,29-,30-,31-/m1/s1. The minimum Gasteiger partial charge on any atom is -0.459 e. The SMILES string of the molecule is CC(=O)N[C@H]1CCC[C@]2(C)[C@@H]3CC[C@@]4(C)[C@H](CC[C@H]4[C@H](C)CCCC(C)C)[C@H]3C[C@@H](OC(C)=O)[C@]12O. The number of ether oxygens (including phenoxy) is 1. The molecule has 4 rings (SSSR count). The van der Waals surface area contributed by atoms with Gasteiger partial charge in [0.05, 0.1) is 6.04 Å². The lowest BCUT2D eigenvalue weighted by atomic mass is 9.41. The van der Waals surface area contributed by atoms with Crippen LogP contribution in [0.25, 0.3) is 0 Å². The normalized spacial score (nSPS) is 44.8. The minimum atomic E-state index is -1.22. The van der Waals surface area contributed by atoms with Crippen molar-refractivity contribution in [3.63, 3.8) is 0 Å². The zero-order chi connectivity index (χ0) is 26.5. The van der Waals surface area contributed by atoms with E-state index in [1.54, 1.807) is 0 Å². The Labute approximate surface area is 219 Å². The molecular formula is C31H53NO4. The first-order chi connectivity index (χ1) is 16.8. The summed E-state index contributed by atoms with van der Waals surface area (Å²) in [5.74, 6) is 3.31. The highest BCUT2D eigenvalue weighted by molar-refractivity contribution is 5.73. The second-order valence-electron chi connectivity index (χ2n) is 14.1. The van der Waals surface area contributed by atoms with Gasteiger partial charge in [0.15, 0.2) is 0 Å². The Hall–Kier alpha value is -1.10. The predicted octanol–water partition coefficient (Wildman–Crippen LogP) is 6.27. The van der Waals surface area contributed by atoms with Gasteiger partial charge in [-0.15, -0.1) is 0 Å². The Morgan fingerprint density at radius 1 is 1.00 bits per heavy atom. The lowest BCUT2D eigenvalue weighted by Crippen LogP contribution is -2.75. The molecule has 0 aliphatic heterocycles. The van der Waals surface area contributed by atoms with E-state index < -0.39 is 11.7 Å². The predicted molar refractivity (Wildman–Crippen MR) is 143 cm³/mol. The van der Waals surface area contributed by atoms with Crippen LogP contribution in [0.2, 0.25) is 0 Å². The van der Waals surface area contributed by atoms with Gasteiger partial charge in [-0.25, -0.2) is 0 Å². The molecule has 1 amide bonds. The highest BCUT2D eigenvalue weighted by Crippen LogP contribution is 2.69. The van der Waals surface area contributed by atoms with Crippen LogP contribution in [0.4, 0.5) is 0 Å². The molecule has 10 atom stereocenters. The number of esters is 1. The van der Waals surface area contributed by atoms with E-state index in [2.05, 4.69) is 39.9 Å². The Morgan fingerprint density at radius 3 is 2.36 bits per heavy atom. The van der Waals surface area contributed by atoms with Gasteiger partial charge in [0.1, 0.15) is 11.7 Å². The molecule has 0 saturated heterocycles. The molecule has 0 bridgehead atoms. The van der Waals surface area contributed by atoms with Gasteiger partial charge >= 0.3 is 5.97 Å². The highest BCUT2D eigenvalue weighted by Gasteiger charge is 2.70. The third-order valence-corrected chi connectivity index (χ3v) is 11.8. The Bertz CT molecular complexity index is 827. The molecule has 0 unspecified atom stereocenters. The van der Waals surface area contributed by atoms with Crippen LogP contribution in [-0.2, 0) is 14.3 Å². The molecular weight excluding hydrogens is 450 g/mol. The third-order valence-electron chi connectivity index (χ3n) is 11.8. The summed E-state index contributed by atoms with van der Waals surface area (Å²) in [5.41, 5.74) is -1.26. The summed E-state index contributed by atoms with van der Waals surface area (Å²) in [6.07, 6.45) is 11.7. The van der Waals surface area contributed by atoms with Crippen LogP contribution in [0, 0.1) is 46.3 Å². The lowest BCUT2D eigenvalue weighted by molar-refractivity contribution is -0.268. The zero-order valence-corrected chi connectivity index (χ0v) is 24.1. The van der Waals surface area contributed by atoms with Crippen molar-refractivity contribution >= 4 is 11.9 Å². The molecule has 0 spiro atoms. The molecule has 0 radical (unpaired) electrons. The van der Waals surface area contributed by atoms with E-state index in [1.165, 1.54) is 52.4 Å². The summed E-state index contributed by atoms with van der Waals surface area (Å²) in [5, 5.41) is 15.6. The largest absolute Gasteiger partial charge is 0.459 e. The quantitative estimate of drug-likeness (QED) is 0.402. The zero-order valence-electron chi connectivity index (χ0n) is 24.1. The van der Waals surface area contributed by atoms with E-state index >= 15 is 0 Å². The second kappa shape index (κ2) is 10.2. The molecule has 0 heterocycles. The summed E-state index contributed by atoms with van der Waals surface area (Å²) in [4.78, 5) is 24.4. The maximum atomic E-state index is 12.5. The Balaban J connectivity index is 1.63. The molecule has 5 nitrogen and oxygen atoms in total. The third kappa shape index (κ3) is 4.54. The van der Waals surface area contributed by atoms with Crippen LogP contribution in [0.15, 0.2) is 0 Å². The van der Waals surface area contributed by atoms with Gasteiger partial charge in [0.25, 0.3) is 0 Å². The monoisotopic (exact) mass is 503 g/mol. The van der Waals surface area contributed by atoms with E-state index in [9.17, 15) is 14.7 Å². The van der Waals surface area contributed by atoms with Crippen molar-refractivity contribution < 1.29 is 19.4 Å². The summed E-state index contributed by atoms with van der Waals surface area (Å²) in [7, 11) is 0. The average Bonchev–Trinajstić information content (AvgIpc) is 3.12. The molecule has 5 heteroatoms. The van der Waals surface area contributed by atoms with E-state index in [0.717, 1.165) is 49.9 Å². The Morgan fingerprint density at radius 2 is 1.72 bits per heavy atom. The van der Waals surface area contributed by atoms with Gasteiger partial charge in [-0.1, -0.05) is 60.3 Å². The molecule has 4 saturated carbocycles. The van der Waals surface area contributed by atoms with Crippen LogP contribution in [0.3, 0.4) is 0 Å². The first-order valence-electron chi connectivity index (χ1n) is 15.0. The molecule has 4 fully saturated rings. The molecule has 4 aliphatic carbocycles. The maximum absolute atomic E-state index is 12.5. The number of amides is 1. The van der Waals surface area contributed by atoms with Crippen molar-refractivity contribution in [1.29, 1.82) is 0 Å². The van der Waals surface area contributed by atoms with E-state index in [4.69, 9.17) is 4.74 Å². The summed E-state index contributed by atoms with van der Waals surface area (Å²) in [6.45, 7) is 14.9. The van der Waals surface area contributed by atoms with E-state index in [1.807, 2.05) is 0 Å². The first-order valence-corrected chi connectivity index (χ1v) is 15.0. The summed E-state index contributed by atoms with van der Waals surface area (Å²) < 4.78 is 5.98. The molecule has 206 valence electrons. The minimum absolute atomic E-state index is 0.123. The highest BCUT2D eigenvalue weighted by atomic mass is 16.6. The smallest absolute Gasteiger partial charge is 0.303 e. The fourth-order valence-electron chi connectivity index (χ4n) is 10.2. The van der Waals surface area contributed by atoms with E-state index in [-0.39, 0.29) is 23.3 Å². The van der Waals surface area contributed by atoms with Crippen LogP contribution in [-0.4, -0.2) is 34.7 Å². The van der Waals surface area contributed by atoms with Gasteiger partial charge < -0.3 is 15.2 Å². The lowest BCUT2D eigenvalue weighted by Gasteiger charge is -2.66. The molecule has 0 aromatic heterocycles. The Kier molecular flexibility index (Phi) is 7.93. The number of hydrogen-bond donors (Lipinski definition) is 2. The van der Waals surface area contributed by atoms with Crippen molar-refractivity contribution in [3.05, 3.63) is 0 Å². The number of carbonyl (C=O) groups excluding carboxylic acids is 2.